The highest BCUT2D eigenvalue weighted by Crippen LogP contribution is 1.88. The second kappa shape index (κ2) is 0.891. The van der Waals surface area contributed by atoms with Crippen molar-refractivity contribution in [1.29, 1.82) is 4.78 Å². The summed E-state index contributed by atoms with van der Waals surface area (Å²) in [6.45, 7) is 0. The average molecular weight is 101 g/mol. The molecule has 0 saturated carbocycles. The zero-order chi connectivity index (χ0) is 4.50. The Bertz CT molecular complexity index is 92.8. The largest absolute Gasteiger partial charge is 0.364 e. The summed E-state index contributed by atoms with van der Waals surface area (Å²) in [5.41, 5.74) is 0. The highest BCUT2D eigenvalue weighted by Gasteiger charge is 1.87. The monoisotopic (exact) mass is 101 g/mol. The summed E-state index contributed by atoms with van der Waals surface area (Å²) in [6, 6.07) is 0. The van der Waals surface area contributed by atoms with Crippen molar-refractivity contribution in [1.82, 2.24) is 0 Å². The van der Waals surface area contributed by atoms with Gasteiger partial charge in [0.25, 0.3) is 0 Å². The first kappa shape index (κ1) is 4.81. The molecule has 0 aliphatic rings. The second-order valence-electron chi connectivity index (χ2n) is 0.422. The molecule has 5 heavy (non-hydrogen) atoms. The van der Waals surface area contributed by atoms with Crippen LogP contribution in [0.5, 0.6) is 0 Å². The zero-order valence-electron chi connectivity index (χ0n) is 2.07. The van der Waals surface area contributed by atoms with Crippen molar-refractivity contribution in [2.75, 3.05) is 0 Å². The summed E-state index contributed by atoms with van der Waals surface area (Å²) in [5, 5.41) is 0. The van der Waals surface area contributed by atoms with Gasteiger partial charge in [0.1, 0.15) is 0 Å². The van der Waals surface area contributed by atoms with Crippen molar-refractivity contribution in [3.63, 3.8) is 0 Å². The summed E-state index contributed by atoms with van der Waals surface area (Å²) in [7, 11) is -5.17. The zero-order valence-corrected chi connectivity index (χ0v) is 2.89. The molecule has 0 bridgehead atoms. The van der Waals surface area contributed by atoms with Crippen LogP contribution in [0.3, 0.4) is 0 Å². The lowest BCUT2D eigenvalue weighted by Crippen LogP contribution is -1.64. The Kier molecular flexibility index (Phi) is 0.857. The van der Waals surface area contributed by atoms with Crippen LogP contribution in [0.15, 0.2) is 0 Å². The van der Waals surface area contributed by atoms with Crippen molar-refractivity contribution in [3.8, 4) is 0 Å². The molecule has 0 rings (SSSR count). The minimum atomic E-state index is -5.17. The van der Waals surface area contributed by atoms with E-state index in [1.54, 1.807) is 0 Å². The van der Waals surface area contributed by atoms with Gasteiger partial charge in [-0.15, -0.1) is 0 Å². The first-order valence-corrected chi connectivity index (χ1v) is 2.04. The van der Waals surface area contributed by atoms with E-state index in [4.69, 9.17) is 8.99 Å². The number of rotatable bonds is 0. The van der Waals surface area contributed by atoms with E-state index >= 15 is 0 Å². The average Bonchev–Trinajstić information content (AvgIpc) is 0.722. The predicted octanol–water partition coefficient (Wildman–Crippen LogP) is 0.802. The van der Waals surface area contributed by atoms with Gasteiger partial charge in [0, 0.05) is 0 Å². The SMILES string of the molecule is N=S(=O)(F)F. The van der Waals surface area contributed by atoms with E-state index < -0.39 is 10.5 Å². The summed E-state index contributed by atoms with van der Waals surface area (Å²) >= 11 is 0. The molecule has 5 heteroatoms. The third-order valence-electron chi connectivity index (χ3n) is 0. The number of hydrogen-bond donors (Lipinski definition) is 1. The van der Waals surface area contributed by atoms with E-state index in [1.807, 2.05) is 0 Å². The molecule has 0 atom stereocenters. The Labute approximate surface area is 28.4 Å². The molecule has 0 amide bonds. The Morgan fingerprint density at radius 3 is 1.60 bits per heavy atom. The number of hydrogen-bond acceptors (Lipinski definition) is 2. The predicted molar refractivity (Wildman–Crippen MR) is 13.1 cm³/mol. The molecule has 0 aromatic carbocycles. The van der Waals surface area contributed by atoms with Crippen LogP contribution in [0.1, 0.15) is 0 Å². The van der Waals surface area contributed by atoms with Crippen LogP contribution in [0.25, 0.3) is 0 Å². The highest BCUT2D eigenvalue weighted by molar-refractivity contribution is 7.82. The molecular formula is HF2NOS. The van der Waals surface area contributed by atoms with Gasteiger partial charge < -0.3 is 0 Å². The summed E-state index contributed by atoms with van der Waals surface area (Å²) < 4.78 is 34.1. The van der Waals surface area contributed by atoms with Gasteiger partial charge in [-0.25, -0.2) is 0 Å². The van der Waals surface area contributed by atoms with Crippen molar-refractivity contribution in [3.05, 3.63) is 0 Å². The molecule has 32 valence electrons. The third-order valence-corrected chi connectivity index (χ3v) is 0. The van der Waals surface area contributed by atoms with Crippen LogP contribution in [-0.4, -0.2) is 4.21 Å². The standard InChI is InChI=1S/F2HNOS/c1-5(2,3)4/h3H. The van der Waals surface area contributed by atoms with Gasteiger partial charge in [-0.05, 0) is 0 Å². The normalized spacial score (nSPS) is 11.6. The molecule has 0 saturated heterocycles. The number of nitrogens with one attached hydrogen (secondary N) is 1. The number of halogens is 2. The van der Waals surface area contributed by atoms with Crippen molar-refractivity contribution >= 4 is 10.5 Å². The van der Waals surface area contributed by atoms with E-state index in [-0.39, 0.29) is 0 Å². The Balaban J connectivity index is 4.06. The minimum Gasteiger partial charge on any atom is -0.198 e. The lowest BCUT2D eigenvalue weighted by atomic mass is 14.0. The Hall–Kier alpha value is -0.190. The van der Waals surface area contributed by atoms with Gasteiger partial charge in [0.15, 0.2) is 0 Å². The molecule has 1 N–H and O–H groups in total. The summed E-state index contributed by atoms with van der Waals surface area (Å²) in [6.07, 6.45) is 0. The van der Waals surface area contributed by atoms with E-state index in [0.717, 1.165) is 0 Å². The van der Waals surface area contributed by atoms with E-state index in [9.17, 15) is 7.77 Å². The Morgan fingerprint density at radius 2 is 1.60 bits per heavy atom. The second-order valence-corrected chi connectivity index (χ2v) is 1.27. The van der Waals surface area contributed by atoms with Crippen LogP contribution in [0.2, 0.25) is 0 Å². The van der Waals surface area contributed by atoms with E-state index in [1.165, 1.54) is 0 Å². The third kappa shape index (κ3) is 346. The molecule has 0 fully saturated rings. The Morgan fingerprint density at radius 1 is 1.60 bits per heavy atom. The molecule has 0 unspecified atom stereocenters. The maximum absolute atomic E-state index is 10.2. The molecule has 0 aromatic rings. The summed E-state index contributed by atoms with van der Waals surface area (Å²) in [5.74, 6) is 0. The fourth-order valence-corrected chi connectivity index (χ4v) is 0. The minimum absolute atomic E-state index is 5.13. The van der Waals surface area contributed by atoms with Crippen LogP contribution < -0.4 is 0 Å². The smallest absolute Gasteiger partial charge is 0.198 e. The molecular weight excluding hydrogens is 100 g/mol. The van der Waals surface area contributed by atoms with Gasteiger partial charge in [0.2, 0.25) is 0 Å². The molecule has 0 aliphatic heterocycles. The molecule has 2 nitrogen and oxygen atoms in total. The van der Waals surface area contributed by atoms with Gasteiger partial charge >= 0.3 is 10.5 Å². The van der Waals surface area contributed by atoms with E-state index in [2.05, 4.69) is 0 Å². The fraction of sp³-hybridized carbons (Fsp3) is 0. The van der Waals surface area contributed by atoms with Gasteiger partial charge in [0.05, 0.1) is 0 Å². The van der Waals surface area contributed by atoms with Crippen LogP contribution >= 0.6 is 0 Å². The lowest BCUT2D eigenvalue weighted by Gasteiger charge is -1.63. The van der Waals surface area contributed by atoms with Crippen LogP contribution in [0, 0.1) is 4.78 Å². The highest BCUT2D eigenvalue weighted by atomic mass is 32.3. The van der Waals surface area contributed by atoms with Gasteiger partial charge in [-0.2, -0.15) is 8.99 Å². The molecule has 0 aromatic heterocycles. The van der Waals surface area contributed by atoms with Crippen molar-refractivity contribution in [2.45, 2.75) is 0 Å². The first-order valence-electron chi connectivity index (χ1n) is 0.679. The fourth-order valence-electron chi connectivity index (χ4n) is 0. The maximum Gasteiger partial charge on any atom is 0.364 e. The molecule has 0 radical (unpaired) electrons. The van der Waals surface area contributed by atoms with Crippen LogP contribution in [0.4, 0.5) is 7.77 Å². The topological polar surface area (TPSA) is 40.9 Å². The van der Waals surface area contributed by atoms with Crippen molar-refractivity contribution in [2.24, 2.45) is 0 Å². The summed E-state index contributed by atoms with van der Waals surface area (Å²) in [4.78, 5) is 0. The molecule has 0 heterocycles. The van der Waals surface area contributed by atoms with Gasteiger partial charge in [-0.1, -0.05) is 7.77 Å². The molecule has 0 spiro atoms. The first-order chi connectivity index (χ1) is 2.00. The van der Waals surface area contributed by atoms with Crippen molar-refractivity contribution < 1.29 is 12.0 Å². The maximum atomic E-state index is 10.2. The van der Waals surface area contributed by atoms with Crippen LogP contribution in [-0.2, 0) is 10.5 Å². The van der Waals surface area contributed by atoms with E-state index in [0.29, 0.717) is 0 Å². The molecule has 0 aliphatic carbocycles. The lowest BCUT2D eigenvalue weighted by molar-refractivity contribution is 0.584. The van der Waals surface area contributed by atoms with Gasteiger partial charge in [-0.3, -0.25) is 0 Å². The quantitative estimate of drug-likeness (QED) is 0.450.